The third-order valence-corrected chi connectivity index (χ3v) is 2.95. The number of amides is 1. The Hall–Kier alpha value is -1.75. The number of nitrogens with one attached hydrogen (secondary N) is 1. The number of carbonyl (C=O) groups excluding carboxylic acids is 1. The van der Waals surface area contributed by atoms with Crippen LogP contribution in [0.15, 0.2) is 12.1 Å². The first-order valence-corrected chi connectivity index (χ1v) is 6.31. The van der Waals surface area contributed by atoms with E-state index in [-0.39, 0.29) is 5.91 Å². The van der Waals surface area contributed by atoms with Crippen molar-refractivity contribution in [2.24, 2.45) is 5.73 Å². The maximum absolute atomic E-state index is 11.6. The molecule has 5 nitrogen and oxygen atoms in total. The van der Waals surface area contributed by atoms with Gasteiger partial charge >= 0.3 is 0 Å². The fourth-order valence-corrected chi connectivity index (χ4v) is 1.92. The maximum Gasteiger partial charge on any atom is 0.220 e. The average molecular weight is 266 g/mol. The van der Waals surface area contributed by atoms with Gasteiger partial charge in [-0.2, -0.15) is 0 Å². The average Bonchev–Trinajstić information content (AvgIpc) is 2.42. The predicted molar refractivity (Wildman–Crippen MR) is 74.4 cm³/mol. The van der Waals surface area contributed by atoms with Gasteiger partial charge in [0.1, 0.15) is 11.5 Å². The van der Waals surface area contributed by atoms with E-state index in [9.17, 15) is 4.79 Å². The van der Waals surface area contributed by atoms with Crippen molar-refractivity contribution < 1.29 is 14.3 Å². The first-order valence-electron chi connectivity index (χ1n) is 6.31. The maximum atomic E-state index is 11.6. The van der Waals surface area contributed by atoms with Gasteiger partial charge in [0.25, 0.3) is 0 Å². The molecule has 1 aromatic rings. The summed E-state index contributed by atoms with van der Waals surface area (Å²) in [5.41, 5.74) is 7.23. The molecule has 5 heteroatoms. The topological polar surface area (TPSA) is 73.6 Å². The fourth-order valence-electron chi connectivity index (χ4n) is 1.92. The summed E-state index contributed by atoms with van der Waals surface area (Å²) in [5, 5.41) is 2.86. The molecular formula is C14H22N2O3. The van der Waals surface area contributed by atoms with Crippen molar-refractivity contribution in [2.45, 2.75) is 26.3 Å². The monoisotopic (exact) mass is 266 g/mol. The van der Waals surface area contributed by atoms with Crippen LogP contribution >= 0.6 is 0 Å². The van der Waals surface area contributed by atoms with E-state index in [0.29, 0.717) is 25.9 Å². The van der Waals surface area contributed by atoms with Gasteiger partial charge in [0.15, 0.2) is 0 Å². The molecule has 0 spiro atoms. The number of hydrogen-bond donors (Lipinski definition) is 2. The Morgan fingerprint density at radius 1 is 1.32 bits per heavy atom. The van der Waals surface area contributed by atoms with E-state index in [2.05, 4.69) is 5.32 Å². The lowest BCUT2D eigenvalue weighted by Crippen LogP contribution is -2.23. The molecule has 0 heterocycles. The molecule has 0 unspecified atom stereocenters. The van der Waals surface area contributed by atoms with Crippen LogP contribution in [0, 0.1) is 6.92 Å². The Morgan fingerprint density at radius 2 is 2.05 bits per heavy atom. The van der Waals surface area contributed by atoms with Gasteiger partial charge < -0.3 is 20.5 Å². The molecule has 0 bridgehead atoms. The van der Waals surface area contributed by atoms with Gasteiger partial charge in [-0.15, -0.1) is 0 Å². The lowest BCUT2D eigenvalue weighted by atomic mass is 10.1. The van der Waals surface area contributed by atoms with Crippen LogP contribution in [0.3, 0.4) is 0 Å². The first-order chi connectivity index (χ1) is 9.13. The van der Waals surface area contributed by atoms with Gasteiger partial charge in [-0.25, -0.2) is 0 Å². The molecule has 0 aromatic heterocycles. The molecule has 0 aliphatic rings. The van der Waals surface area contributed by atoms with Crippen molar-refractivity contribution in [1.29, 1.82) is 0 Å². The van der Waals surface area contributed by atoms with E-state index in [1.54, 1.807) is 14.2 Å². The summed E-state index contributed by atoms with van der Waals surface area (Å²) in [6.07, 6.45) is 1.15. The Kier molecular flexibility index (Phi) is 6.15. The molecule has 1 rings (SSSR count). The summed E-state index contributed by atoms with van der Waals surface area (Å²) in [6, 6.07) is 3.77. The number of benzene rings is 1. The largest absolute Gasteiger partial charge is 0.496 e. The van der Waals surface area contributed by atoms with Gasteiger partial charge in [-0.05, 0) is 32.0 Å². The number of ether oxygens (including phenoxy) is 2. The summed E-state index contributed by atoms with van der Waals surface area (Å²) in [7, 11) is 3.23. The third kappa shape index (κ3) is 4.13. The van der Waals surface area contributed by atoms with Gasteiger partial charge in [-0.3, -0.25) is 4.79 Å². The number of hydrogen-bond acceptors (Lipinski definition) is 4. The fraction of sp³-hybridized carbons (Fsp3) is 0.500. The molecule has 0 fully saturated rings. The highest BCUT2D eigenvalue weighted by atomic mass is 16.5. The first kappa shape index (κ1) is 15.3. The van der Waals surface area contributed by atoms with E-state index >= 15 is 0 Å². The van der Waals surface area contributed by atoms with Gasteiger partial charge in [0.2, 0.25) is 5.91 Å². The summed E-state index contributed by atoms with van der Waals surface area (Å²) in [6.45, 7) is 2.90. The minimum absolute atomic E-state index is 0.000902. The Morgan fingerprint density at radius 3 is 2.63 bits per heavy atom. The smallest absolute Gasteiger partial charge is 0.220 e. The lowest BCUT2D eigenvalue weighted by molar-refractivity contribution is -0.121. The summed E-state index contributed by atoms with van der Waals surface area (Å²) < 4.78 is 10.6. The molecule has 3 N–H and O–H groups in total. The minimum Gasteiger partial charge on any atom is -0.496 e. The van der Waals surface area contributed by atoms with Crippen molar-refractivity contribution in [1.82, 2.24) is 5.32 Å². The molecule has 19 heavy (non-hydrogen) atoms. The molecular weight excluding hydrogens is 244 g/mol. The SMILES string of the molecule is COc1ccc(CNC(=O)CCCN)c(OC)c1C. The Bertz CT molecular complexity index is 433. The van der Waals surface area contributed by atoms with Crippen LogP contribution in [0.25, 0.3) is 0 Å². The zero-order valence-corrected chi connectivity index (χ0v) is 11.8. The standard InChI is InChI=1S/C14H22N2O3/c1-10-12(18-2)7-6-11(14(10)19-3)9-16-13(17)5-4-8-15/h6-7H,4-5,8-9,15H2,1-3H3,(H,16,17). The highest BCUT2D eigenvalue weighted by Crippen LogP contribution is 2.31. The lowest BCUT2D eigenvalue weighted by Gasteiger charge is -2.15. The van der Waals surface area contributed by atoms with Gasteiger partial charge in [0, 0.05) is 24.1 Å². The van der Waals surface area contributed by atoms with Gasteiger partial charge in [0.05, 0.1) is 14.2 Å². The number of rotatable bonds is 7. The molecule has 0 saturated carbocycles. The molecule has 0 aliphatic carbocycles. The molecule has 106 valence electrons. The Balaban J connectivity index is 2.73. The second-order valence-electron chi connectivity index (χ2n) is 4.25. The van der Waals surface area contributed by atoms with Crippen molar-refractivity contribution in [2.75, 3.05) is 20.8 Å². The van der Waals surface area contributed by atoms with E-state index in [0.717, 1.165) is 22.6 Å². The minimum atomic E-state index is 0.000902. The van der Waals surface area contributed by atoms with Crippen LogP contribution in [-0.2, 0) is 11.3 Å². The summed E-state index contributed by atoms with van der Waals surface area (Å²) in [5.74, 6) is 1.52. The van der Waals surface area contributed by atoms with Crippen LogP contribution in [-0.4, -0.2) is 26.7 Å². The molecule has 0 saturated heterocycles. The normalized spacial score (nSPS) is 10.1. The number of carbonyl (C=O) groups is 1. The highest BCUT2D eigenvalue weighted by Gasteiger charge is 2.11. The summed E-state index contributed by atoms with van der Waals surface area (Å²) >= 11 is 0. The van der Waals surface area contributed by atoms with Crippen LogP contribution in [0.5, 0.6) is 11.5 Å². The molecule has 1 amide bonds. The Labute approximate surface area is 114 Å². The van der Waals surface area contributed by atoms with E-state index in [4.69, 9.17) is 15.2 Å². The quantitative estimate of drug-likeness (QED) is 0.781. The van der Waals surface area contributed by atoms with E-state index in [1.165, 1.54) is 0 Å². The van der Waals surface area contributed by atoms with Crippen LogP contribution < -0.4 is 20.5 Å². The number of methoxy groups -OCH3 is 2. The highest BCUT2D eigenvalue weighted by molar-refractivity contribution is 5.76. The van der Waals surface area contributed by atoms with Gasteiger partial charge in [-0.1, -0.05) is 0 Å². The zero-order chi connectivity index (χ0) is 14.3. The van der Waals surface area contributed by atoms with Crippen molar-refractivity contribution >= 4 is 5.91 Å². The van der Waals surface area contributed by atoms with Crippen LogP contribution in [0.4, 0.5) is 0 Å². The summed E-state index contributed by atoms with van der Waals surface area (Å²) in [4.78, 5) is 11.6. The van der Waals surface area contributed by atoms with Crippen molar-refractivity contribution in [3.8, 4) is 11.5 Å². The molecule has 1 aromatic carbocycles. The molecule has 0 radical (unpaired) electrons. The van der Waals surface area contributed by atoms with Crippen LogP contribution in [0.2, 0.25) is 0 Å². The predicted octanol–water partition coefficient (Wildman–Crippen LogP) is 1.37. The third-order valence-electron chi connectivity index (χ3n) is 2.95. The van der Waals surface area contributed by atoms with Crippen molar-refractivity contribution in [3.05, 3.63) is 23.3 Å². The molecule has 0 atom stereocenters. The second kappa shape index (κ2) is 7.63. The zero-order valence-electron chi connectivity index (χ0n) is 11.8. The second-order valence-corrected chi connectivity index (χ2v) is 4.25. The van der Waals surface area contributed by atoms with Crippen molar-refractivity contribution in [3.63, 3.8) is 0 Å². The van der Waals surface area contributed by atoms with E-state index in [1.807, 2.05) is 19.1 Å². The van der Waals surface area contributed by atoms with Crippen LogP contribution in [0.1, 0.15) is 24.0 Å². The van der Waals surface area contributed by atoms with E-state index < -0.39 is 0 Å². The molecule has 0 aliphatic heterocycles. The number of nitrogens with two attached hydrogens (primary N) is 1.